The van der Waals surface area contributed by atoms with E-state index >= 15 is 0 Å². The van der Waals surface area contributed by atoms with Crippen molar-refractivity contribution in [1.29, 1.82) is 0 Å². The van der Waals surface area contributed by atoms with Crippen molar-refractivity contribution in [2.24, 2.45) is 5.73 Å². The highest BCUT2D eigenvalue weighted by Gasteiger charge is 2.03. The van der Waals surface area contributed by atoms with E-state index in [4.69, 9.17) is 22.1 Å². The predicted octanol–water partition coefficient (Wildman–Crippen LogP) is 1.20. The first kappa shape index (κ1) is 4.86. The van der Waals surface area contributed by atoms with E-state index in [2.05, 4.69) is 0 Å². The maximum Gasteiger partial charge on any atom is 0.122 e. The van der Waals surface area contributed by atoms with Gasteiger partial charge in [0.05, 0.1) is 18.3 Å². The Morgan fingerprint density at radius 1 is 1.54 bits per heavy atom. The number of benzene rings is 1. The van der Waals surface area contributed by atoms with Crippen LogP contribution in [0.4, 0.5) is 0 Å². The zero-order chi connectivity index (χ0) is 14.0. The van der Waals surface area contributed by atoms with Crippen LogP contribution in [-0.4, -0.2) is 20.6 Å². The molecule has 0 aliphatic heterocycles. The van der Waals surface area contributed by atoms with Gasteiger partial charge in [-0.05, 0) is 36.7 Å². The third-order valence-electron chi connectivity index (χ3n) is 1.66. The standard InChI is InChI=1S/C10H15NO2/c1-12-9-3-4-10(13-2)8(7-9)5-6-11/h3-4,7H,5-6,11H2,1-2H3/i1D3,6D2. The molecule has 13 heavy (non-hydrogen) atoms. The van der Waals surface area contributed by atoms with Crippen molar-refractivity contribution in [3.05, 3.63) is 23.8 Å². The van der Waals surface area contributed by atoms with Gasteiger partial charge in [-0.1, -0.05) is 0 Å². The summed E-state index contributed by atoms with van der Waals surface area (Å²) in [5.74, 6) is 0.553. The lowest BCUT2D eigenvalue weighted by molar-refractivity contribution is 0.399. The number of methoxy groups -OCH3 is 2. The van der Waals surface area contributed by atoms with Crippen LogP contribution in [0.2, 0.25) is 0 Å². The minimum Gasteiger partial charge on any atom is -0.497 e. The highest BCUT2D eigenvalue weighted by atomic mass is 16.5. The fourth-order valence-electron chi connectivity index (χ4n) is 1.07. The van der Waals surface area contributed by atoms with Crippen molar-refractivity contribution in [3.8, 4) is 11.5 Å². The minimum absolute atomic E-state index is 0.103. The molecular weight excluding hydrogens is 166 g/mol. The van der Waals surface area contributed by atoms with Crippen molar-refractivity contribution in [3.63, 3.8) is 0 Å². The monoisotopic (exact) mass is 186 g/mol. The van der Waals surface area contributed by atoms with E-state index in [1.165, 1.54) is 25.3 Å². The van der Waals surface area contributed by atoms with Gasteiger partial charge in [0.25, 0.3) is 0 Å². The zero-order valence-corrected chi connectivity index (χ0v) is 7.33. The average Bonchev–Trinajstić information content (AvgIpc) is 2.12. The first-order valence-electron chi connectivity index (χ1n) is 6.25. The van der Waals surface area contributed by atoms with Gasteiger partial charge in [0.1, 0.15) is 11.5 Å². The van der Waals surface area contributed by atoms with Gasteiger partial charge in [0.15, 0.2) is 0 Å². The van der Waals surface area contributed by atoms with Crippen LogP contribution in [0.5, 0.6) is 11.5 Å². The molecule has 0 radical (unpaired) electrons. The molecule has 2 N–H and O–H groups in total. The molecule has 0 saturated heterocycles. The molecule has 0 atom stereocenters. The van der Waals surface area contributed by atoms with Crippen molar-refractivity contribution in [2.45, 2.75) is 6.42 Å². The van der Waals surface area contributed by atoms with Gasteiger partial charge in [-0.3, -0.25) is 0 Å². The van der Waals surface area contributed by atoms with Crippen molar-refractivity contribution >= 4 is 0 Å². The number of rotatable bonds is 4. The average molecular weight is 186 g/mol. The number of nitrogens with two attached hydrogens (primary N) is 1. The minimum atomic E-state index is -2.55. The van der Waals surface area contributed by atoms with E-state index < -0.39 is 13.5 Å². The van der Waals surface area contributed by atoms with Gasteiger partial charge >= 0.3 is 0 Å². The third-order valence-corrected chi connectivity index (χ3v) is 1.66. The third kappa shape index (κ3) is 2.36. The zero-order valence-electron chi connectivity index (χ0n) is 12.3. The molecule has 0 heterocycles. The number of aryl methyl sites for hydroxylation is 1. The van der Waals surface area contributed by atoms with Crippen LogP contribution in [0.3, 0.4) is 0 Å². The molecule has 0 saturated carbocycles. The number of hydrogen-bond donors (Lipinski definition) is 1. The topological polar surface area (TPSA) is 44.5 Å². The second-order valence-electron chi connectivity index (χ2n) is 2.46. The molecule has 0 aliphatic rings. The normalized spacial score (nSPS) is 17.5. The molecule has 0 aromatic heterocycles. The Balaban J connectivity index is 3.02. The predicted molar refractivity (Wildman–Crippen MR) is 52.3 cm³/mol. The summed E-state index contributed by atoms with van der Waals surface area (Å²) in [6, 6.07) is 4.37. The lowest BCUT2D eigenvalue weighted by atomic mass is 10.1. The molecule has 3 heteroatoms. The Morgan fingerprint density at radius 2 is 2.38 bits per heavy atom. The molecule has 1 aromatic rings. The second-order valence-corrected chi connectivity index (χ2v) is 2.46. The van der Waals surface area contributed by atoms with Gasteiger partial charge < -0.3 is 15.2 Å². The Bertz CT molecular complexity index is 414. The fraction of sp³-hybridized carbons (Fsp3) is 0.400. The van der Waals surface area contributed by atoms with Gasteiger partial charge in [0, 0.05) is 2.74 Å². The van der Waals surface area contributed by atoms with Crippen LogP contribution in [0.25, 0.3) is 0 Å². The highest BCUT2D eigenvalue weighted by molar-refractivity contribution is 5.40. The number of ether oxygens (including phenoxy) is 2. The van der Waals surface area contributed by atoms with Crippen LogP contribution in [0.1, 0.15) is 12.4 Å². The molecule has 1 rings (SSSR count). The van der Waals surface area contributed by atoms with E-state index in [-0.39, 0.29) is 12.2 Å². The number of hydrogen-bond acceptors (Lipinski definition) is 3. The smallest absolute Gasteiger partial charge is 0.122 e. The largest absolute Gasteiger partial charge is 0.497 e. The summed E-state index contributed by atoms with van der Waals surface area (Å²) in [5.41, 5.74) is 5.74. The molecule has 0 unspecified atom stereocenters. The summed E-state index contributed by atoms with van der Waals surface area (Å²) >= 11 is 0. The summed E-state index contributed by atoms with van der Waals surface area (Å²) in [7, 11) is -1.11. The van der Waals surface area contributed by atoms with E-state index in [1.807, 2.05) is 0 Å². The highest BCUT2D eigenvalue weighted by Crippen LogP contribution is 2.23. The van der Waals surface area contributed by atoms with Crippen LogP contribution in [-0.2, 0) is 6.42 Å². The molecule has 72 valence electrons. The summed E-state index contributed by atoms with van der Waals surface area (Å²) in [4.78, 5) is 0. The Labute approximate surface area is 85.5 Å². The van der Waals surface area contributed by atoms with E-state index in [9.17, 15) is 0 Å². The van der Waals surface area contributed by atoms with Gasteiger partial charge in [-0.2, -0.15) is 0 Å². The molecule has 0 aliphatic carbocycles. The molecule has 3 nitrogen and oxygen atoms in total. The first-order chi connectivity index (χ1) is 8.11. The van der Waals surface area contributed by atoms with Gasteiger partial charge in [-0.15, -0.1) is 0 Å². The fourth-order valence-corrected chi connectivity index (χ4v) is 1.07. The maximum atomic E-state index is 7.33. The maximum absolute atomic E-state index is 7.33. The molecule has 0 amide bonds. The van der Waals surface area contributed by atoms with E-state index in [0.29, 0.717) is 11.3 Å². The molecule has 0 fully saturated rings. The van der Waals surface area contributed by atoms with Crippen LogP contribution in [0.15, 0.2) is 18.2 Å². The van der Waals surface area contributed by atoms with Gasteiger partial charge in [0.2, 0.25) is 0 Å². The molecular formula is C10H15NO2. The summed E-state index contributed by atoms with van der Waals surface area (Å²) in [5, 5.41) is 0. The quantitative estimate of drug-likeness (QED) is 0.768. The first-order valence-corrected chi connectivity index (χ1v) is 3.75. The molecule has 0 bridgehead atoms. The Kier molecular flexibility index (Phi) is 1.77. The summed E-state index contributed by atoms with van der Waals surface area (Å²) in [6.07, 6.45) is -0.103. The molecule has 0 spiro atoms. The lowest BCUT2D eigenvalue weighted by Crippen LogP contribution is -2.04. The van der Waals surface area contributed by atoms with Crippen LogP contribution in [0, 0.1) is 0 Å². The van der Waals surface area contributed by atoms with Crippen LogP contribution < -0.4 is 15.2 Å². The lowest BCUT2D eigenvalue weighted by Gasteiger charge is -2.08. The summed E-state index contributed by atoms with van der Waals surface area (Å²) < 4.78 is 45.5. The van der Waals surface area contributed by atoms with Crippen molar-refractivity contribution in [1.82, 2.24) is 0 Å². The van der Waals surface area contributed by atoms with Crippen molar-refractivity contribution < 1.29 is 16.3 Å². The van der Waals surface area contributed by atoms with Gasteiger partial charge in [-0.25, -0.2) is 0 Å². The van der Waals surface area contributed by atoms with E-state index in [0.717, 1.165) is 0 Å². The summed E-state index contributed by atoms with van der Waals surface area (Å²) in [6.45, 7) is -1.91. The molecule has 1 aromatic carbocycles. The second kappa shape index (κ2) is 4.72. The Morgan fingerprint density at radius 3 is 3.00 bits per heavy atom. The Hall–Kier alpha value is -1.22. The SMILES string of the molecule is [2H]C([2H])(N)Cc1cc(OC([2H])([2H])[2H])ccc1OC. The van der Waals surface area contributed by atoms with E-state index in [1.54, 1.807) is 0 Å². The van der Waals surface area contributed by atoms with Crippen LogP contribution >= 0.6 is 0 Å². The van der Waals surface area contributed by atoms with Crippen molar-refractivity contribution in [2.75, 3.05) is 20.6 Å².